The molecule has 0 radical (unpaired) electrons. The second-order valence-corrected chi connectivity index (χ2v) is 5.01. The van der Waals surface area contributed by atoms with Gasteiger partial charge >= 0.3 is 5.97 Å². The zero-order valence-corrected chi connectivity index (χ0v) is 12.7. The van der Waals surface area contributed by atoms with Gasteiger partial charge in [0.15, 0.2) is 0 Å². The van der Waals surface area contributed by atoms with E-state index in [1.807, 2.05) is 43.3 Å². The molecule has 5 heteroatoms. The van der Waals surface area contributed by atoms with Crippen LogP contribution < -0.4 is 10.6 Å². The fraction of sp³-hybridized carbons (Fsp3) is 0.375. The Morgan fingerprint density at radius 2 is 2.05 bits per heavy atom. The maximum absolute atomic E-state index is 11.3. The van der Waals surface area contributed by atoms with Crippen molar-refractivity contribution in [3.63, 3.8) is 0 Å². The maximum Gasteiger partial charge on any atom is 0.332 e. The minimum absolute atomic E-state index is 0.191. The molecule has 0 heterocycles. The van der Waals surface area contributed by atoms with E-state index in [2.05, 4.69) is 6.07 Å². The molecule has 1 atom stereocenters. The molecule has 0 amide bonds. The number of carbonyl (C=O) groups excluding carboxylic acids is 1. The minimum atomic E-state index is -0.477. The number of anilines is 1. The molecular formula is C16H21N3O2. The van der Waals surface area contributed by atoms with Gasteiger partial charge in [-0.2, -0.15) is 5.26 Å². The lowest BCUT2D eigenvalue weighted by Gasteiger charge is -2.14. The minimum Gasteiger partial charge on any atom is -0.462 e. The van der Waals surface area contributed by atoms with Gasteiger partial charge in [-0.15, -0.1) is 0 Å². The van der Waals surface area contributed by atoms with Crippen molar-refractivity contribution in [3.05, 3.63) is 41.6 Å². The van der Waals surface area contributed by atoms with Crippen molar-refractivity contribution in [2.24, 2.45) is 5.73 Å². The van der Waals surface area contributed by atoms with Crippen molar-refractivity contribution < 1.29 is 9.53 Å². The second-order valence-electron chi connectivity index (χ2n) is 5.01. The van der Waals surface area contributed by atoms with Crippen LogP contribution in [0.15, 0.2) is 36.0 Å². The topological polar surface area (TPSA) is 79.4 Å². The first kappa shape index (κ1) is 16.6. The third-order valence-electron chi connectivity index (χ3n) is 2.96. The summed E-state index contributed by atoms with van der Waals surface area (Å²) in [6, 6.07) is 10.0. The smallest absolute Gasteiger partial charge is 0.332 e. The molecule has 1 unspecified atom stereocenters. The Morgan fingerprint density at radius 3 is 2.52 bits per heavy atom. The Bertz CT molecular complexity index is 538. The third-order valence-corrected chi connectivity index (χ3v) is 2.96. The standard InChI is InChI=1S/C16H21N3O2/c1-12(18)10-16(20)21-9-8-14(11-17)13-4-6-15(7-5-13)19(2)3/h4-7,10,14H,8-9,18H2,1-3H3/b12-10-. The summed E-state index contributed by atoms with van der Waals surface area (Å²) in [5.41, 5.74) is 7.78. The van der Waals surface area contributed by atoms with Crippen LogP contribution in [-0.4, -0.2) is 26.7 Å². The predicted octanol–water partition coefficient (Wildman–Crippen LogP) is 2.16. The van der Waals surface area contributed by atoms with Crippen molar-refractivity contribution in [2.75, 3.05) is 25.6 Å². The Hall–Kier alpha value is -2.48. The van der Waals surface area contributed by atoms with Crippen LogP contribution in [0.25, 0.3) is 0 Å². The highest BCUT2D eigenvalue weighted by atomic mass is 16.5. The van der Waals surface area contributed by atoms with E-state index in [1.54, 1.807) is 6.92 Å². The normalized spacial score (nSPS) is 12.4. The summed E-state index contributed by atoms with van der Waals surface area (Å²) >= 11 is 0. The predicted molar refractivity (Wildman–Crippen MR) is 82.6 cm³/mol. The largest absolute Gasteiger partial charge is 0.462 e. The molecule has 0 aliphatic rings. The van der Waals surface area contributed by atoms with Gasteiger partial charge in [-0.05, 0) is 24.6 Å². The molecule has 0 bridgehead atoms. The molecule has 0 spiro atoms. The molecule has 0 fully saturated rings. The van der Waals surface area contributed by atoms with Gasteiger partial charge in [0.05, 0.1) is 18.6 Å². The van der Waals surface area contributed by atoms with E-state index in [9.17, 15) is 10.1 Å². The van der Waals surface area contributed by atoms with Crippen molar-refractivity contribution in [1.29, 1.82) is 5.26 Å². The lowest BCUT2D eigenvalue weighted by atomic mass is 9.97. The van der Waals surface area contributed by atoms with Crippen LogP contribution in [0.1, 0.15) is 24.8 Å². The van der Waals surface area contributed by atoms with E-state index >= 15 is 0 Å². The number of esters is 1. The maximum atomic E-state index is 11.3. The number of nitriles is 1. The zero-order chi connectivity index (χ0) is 15.8. The molecule has 1 aromatic rings. The molecule has 21 heavy (non-hydrogen) atoms. The van der Waals surface area contributed by atoms with E-state index < -0.39 is 5.97 Å². The Labute approximate surface area is 125 Å². The number of carbonyl (C=O) groups is 1. The Morgan fingerprint density at radius 1 is 1.43 bits per heavy atom. The van der Waals surface area contributed by atoms with Crippen LogP contribution in [-0.2, 0) is 9.53 Å². The molecule has 2 N–H and O–H groups in total. The van der Waals surface area contributed by atoms with Gasteiger partial charge in [0.2, 0.25) is 0 Å². The van der Waals surface area contributed by atoms with E-state index in [0.717, 1.165) is 11.3 Å². The first-order valence-corrected chi connectivity index (χ1v) is 6.71. The number of hydrogen-bond acceptors (Lipinski definition) is 5. The summed E-state index contributed by atoms with van der Waals surface area (Å²) < 4.78 is 5.01. The summed E-state index contributed by atoms with van der Waals surface area (Å²) in [5.74, 6) is -0.772. The van der Waals surface area contributed by atoms with E-state index in [0.29, 0.717) is 12.1 Å². The van der Waals surface area contributed by atoms with E-state index in [-0.39, 0.29) is 12.5 Å². The second kappa shape index (κ2) is 7.95. The molecular weight excluding hydrogens is 266 g/mol. The SMILES string of the molecule is C/C(N)=C/C(=O)OCCC(C#N)c1ccc(N(C)C)cc1. The quantitative estimate of drug-likeness (QED) is 0.640. The average Bonchev–Trinajstić information content (AvgIpc) is 2.43. The van der Waals surface area contributed by atoms with Gasteiger partial charge < -0.3 is 15.4 Å². The summed E-state index contributed by atoms with van der Waals surface area (Å²) in [5, 5.41) is 9.24. The van der Waals surface area contributed by atoms with E-state index in [1.165, 1.54) is 6.08 Å². The van der Waals surface area contributed by atoms with Gasteiger partial charge in [-0.25, -0.2) is 4.79 Å². The molecule has 1 aromatic carbocycles. The number of ether oxygens (including phenoxy) is 1. The summed E-state index contributed by atoms with van der Waals surface area (Å²) in [4.78, 5) is 13.3. The van der Waals surface area contributed by atoms with Crippen molar-refractivity contribution >= 4 is 11.7 Å². The number of nitrogens with two attached hydrogens (primary N) is 1. The molecule has 5 nitrogen and oxygen atoms in total. The molecule has 0 saturated heterocycles. The fourth-order valence-corrected chi connectivity index (χ4v) is 1.82. The van der Waals surface area contributed by atoms with Crippen molar-refractivity contribution in [1.82, 2.24) is 0 Å². The number of hydrogen-bond donors (Lipinski definition) is 1. The number of allylic oxidation sites excluding steroid dienone is 1. The number of benzene rings is 1. The van der Waals surface area contributed by atoms with Crippen LogP contribution in [0, 0.1) is 11.3 Å². The highest BCUT2D eigenvalue weighted by molar-refractivity contribution is 5.82. The van der Waals surface area contributed by atoms with Gasteiger partial charge in [0.1, 0.15) is 0 Å². The van der Waals surface area contributed by atoms with Crippen LogP contribution >= 0.6 is 0 Å². The molecule has 0 saturated carbocycles. The van der Waals surface area contributed by atoms with Crippen LogP contribution in [0.4, 0.5) is 5.69 Å². The van der Waals surface area contributed by atoms with Gasteiger partial charge in [0.25, 0.3) is 0 Å². The highest BCUT2D eigenvalue weighted by Gasteiger charge is 2.11. The monoisotopic (exact) mass is 287 g/mol. The lowest BCUT2D eigenvalue weighted by molar-refractivity contribution is -0.137. The highest BCUT2D eigenvalue weighted by Crippen LogP contribution is 2.22. The van der Waals surface area contributed by atoms with Crippen molar-refractivity contribution in [2.45, 2.75) is 19.3 Å². The van der Waals surface area contributed by atoms with Gasteiger partial charge in [-0.3, -0.25) is 0 Å². The molecule has 0 aliphatic heterocycles. The van der Waals surface area contributed by atoms with Crippen LogP contribution in [0.3, 0.4) is 0 Å². The summed E-state index contributed by atoms with van der Waals surface area (Å²) in [7, 11) is 3.92. The summed E-state index contributed by atoms with van der Waals surface area (Å²) in [6.45, 7) is 1.81. The van der Waals surface area contributed by atoms with Crippen LogP contribution in [0.5, 0.6) is 0 Å². The lowest BCUT2D eigenvalue weighted by Crippen LogP contribution is -2.10. The molecule has 1 rings (SSSR count). The van der Waals surface area contributed by atoms with Crippen LogP contribution in [0.2, 0.25) is 0 Å². The third kappa shape index (κ3) is 5.57. The first-order valence-electron chi connectivity index (χ1n) is 6.71. The van der Waals surface area contributed by atoms with Gasteiger partial charge in [0, 0.05) is 38.0 Å². The molecule has 0 aromatic heterocycles. The summed E-state index contributed by atoms with van der Waals surface area (Å²) in [6.07, 6.45) is 1.69. The van der Waals surface area contributed by atoms with Gasteiger partial charge in [-0.1, -0.05) is 12.1 Å². The zero-order valence-electron chi connectivity index (χ0n) is 12.7. The number of rotatable bonds is 6. The number of nitrogens with zero attached hydrogens (tertiary/aromatic N) is 2. The van der Waals surface area contributed by atoms with Crippen molar-refractivity contribution in [3.8, 4) is 6.07 Å². The average molecular weight is 287 g/mol. The Balaban J connectivity index is 2.58. The Kier molecular flexibility index (Phi) is 6.28. The molecule has 0 aliphatic carbocycles. The molecule has 112 valence electrons. The fourth-order valence-electron chi connectivity index (χ4n) is 1.82. The first-order chi connectivity index (χ1) is 9.93. The van der Waals surface area contributed by atoms with E-state index in [4.69, 9.17) is 10.5 Å².